The molecular weight excluding hydrogens is 803 g/mol. The summed E-state index contributed by atoms with van der Waals surface area (Å²) < 4.78 is 21.8. The highest BCUT2D eigenvalue weighted by atomic mass is 16.5. The van der Waals surface area contributed by atoms with E-state index in [-0.39, 0.29) is 47.7 Å². The highest BCUT2D eigenvalue weighted by Crippen LogP contribution is 2.45. The van der Waals surface area contributed by atoms with Gasteiger partial charge in [-0.1, -0.05) is 39.0 Å². The lowest BCUT2D eigenvalue weighted by Gasteiger charge is -2.34. The van der Waals surface area contributed by atoms with Gasteiger partial charge >= 0.3 is 12.2 Å². The second-order valence-corrected chi connectivity index (χ2v) is 18.2. The number of likely N-dealkylation sites (tertiary alicyclic amines) is 2. The zero-order valence-electron chi connectivity index (χ0n) is 36.9. The second kappa shape index (κ2) is 17.3. The molecule has 0 saturated carbocycles. The molecule has 3 saturated heterocycles. The van der Waals surface area contributed by atoms with Crippen LogP contribution in [0.2, 0.25) is 0 Å². The number of carbonyl (C=O) groups excluding carboxylic acids is 4. The number of alkyl carbamates (subject to hydrolysis) is 2. The number of imidazole rings is 1. The number of aromatic nitrogens is 2. The molecule has 0 radical (unpaired) electrons. The van der Waals surface area contributed by atoms with E-state index in [1.807, 2.05) is 36.8 Å². The zero-order valence-corrected chi connectivity index (χ0v) is 36.9. The van der Waals surface area contributed by atoms with E-state index in [9.17, 15) is 19.2 Å². The molecule has 5 aliphatic rings. The third-order valence-electron chi connectivity index (χ3n) is 13.8. The Morgan fingerprint density at radius 1 is 0.889 bits per heavy atom. The first-order valence-corrected chi connectivity index (χ1v) is 22.3. The van der Waals surface area contributed by atoms with Crippen LogP contribution in [0.3, 0.4) is 0 Å². The molecule has 6 heterocycles. The molecule has 5 aliphatic heterocycles. The number of aliphatic imine (C=N–C) groups is 1. The van der Waals surface area contributed by atoms with Crippen molar-refractivity contribution >= 4 is 46.2 Å². The maximum Gasteiger partial charge on any atom is 0.407 e. The molecule has 6 atom stereocenters. The summed E-state index contributed by atoms with van der Waals surface area (Å²) in [6.07, 6.45) is 4.99. The number of amides is 4. The summed E-state index contributed by atoms with van der Waals surface area (Å²) in [6.45, 7) is 10.1. The molecule has 3 fully saturated rings. The van der Waals surface area contributed by atoms with Crippen molar-refractivity contribution in [2.24, 2.45) is 22.7 Å². The Hall–Kier alpha value is -5.96. The predicted molar refractivity (Wildman–Crippen MR) is 237 cm³/mol. The minimum absolute atomic E-state index is 0.0138. The van der Waals surface area contributed by atoms with Crippen molar-refractivity contribution in [1.82, 2.24) is 30.4 Å². The number of fused-ring (bicyclic) bond motifs is 6. The number of ether oxygens (including phenoxy) is 4. The number of methoxy groups -OCH3 is 2. The second-order valence-electron chi connectivity index (χ2n) is 18.2. The number of benzene rings is 3. The van der Waals surface area contributed by atoms with Gasteiger partial charge in [0.15, 0.2) is 0 Å². The van der Waals surface area contributed by atoms with Crippen LogP contribution >= 0.6 is 0 Å². The first kappa shape index (κ1) is 42.3. The Labute approximate surface area is 367 Å². The Bertz CT molecular complexity index is 2480. The third kappa shape index (κ3) is 8.00. The largest absolute Gasteiger partial charge is 0.488 e. The molecule has 3 N–H and O–H groups in total. The maximum atomic E-state index is 14.3. The van der Waals surface area contributed by atoms with Gasteiger partial charge in [0, 0.05) is 43.5 Å². The number of nitrogens with one attached hydrogen (secondary N) is 3. The fourth-order valence-electron chi connectivity index (χ4n) is 10.4. The smallest absolute Gasteiger partial charge is 0.407 e. The summed E-state index contributed by atoms with van der Waals surface area (Å²) in [6, 6.07) is 13.1. The van der Waals surface area contributed by atoms with E-state index in [4.69, 9.17) is 28.9 Å². The zero-order chi connectivity index (χ0) is 44.1. The van der Waals surface area contributed by atoms with Crippen molar-refractivity contribution < 1.29 is 38.1 Å². The molecule has 4 aromatic rings. The molecule has 63 heavy (non-hydrogen) atoms. The Morgan fingerprint density at radius 2 is 1.67 bits per heavy atom. The molecule has 0 aliphatic carbocycles. The van der Waals surface area contributed by atoms with Crippen molar-refractivity contribution in [2.75, 3.05) is 34.0 Å². The van der Waals surface area contributed by atoms with Crippen LogP contribution in [-0.2, 0) is 36.8 Å². The monoisotopic (exact) mass is 859 g/mol. The number of carbonyl (C=O) groups is 4. The first-order valence-electron chi connectivity index (χ1n) is 22.3. The van der Waals surface area contributed by atoms with Gasteiger partial charge in [-0.15, -0.1) is 0 Å². The molecule has 332 valence electrons. The van der Waals surface area contributed by atoms with Crippen LogP contribution in [0.15, 0.2) is 53.7 Å². The van der Waals surface area contributed by atoms with Crippen molar-refractivity contribution in [2.45, 2.75) is 103 Å². The van der Waals surface area contributed by atoms with Crippen LogP contribution in [0.25, 0.3) is 33.2 Å². The van der Waals surface area contributed by atoms with Crippen LogP contribution in [0.5, 0.6) is 5.75 Å². The van der Waals surface area contributed by atoms with Crippen LogP contribution in [0.1, 0.15) is 82.8 Å². The maximum absolute atomic E-state index is 14.3. The van der Waals surface area contributed by atoms with Crippen LogP contribution in [0, 0.1) is 17.8 Å². The lowest BCUT2D eigenvalue weighted by molar-refractivity contribution is -0.137. The fraction of sp³-hybridized carbons (Fsp3) is 0.500. The van der Waals surface area contributed by atoms with E-state index < -0.39 is 24.3 Å². The number of hydrogen-bond acceptors (Lipinski definition) is 10. The minimum atomic E-state index is -0.717. The van der Waals surface area contributed by atoms with Gasteiger partial charge in [0.25, 0.3) is 0 Å². The van der Waals surface area contributed by atoms with Gasteiger partial charge in [0.05, 0.1) is 43.9 Å². The number of aromatic amines is 1. The van der Waals surface area contributed by atoms with Crippen LogP contribution < -0.4 is 15.4 Å². The van der Waals surface area contributed by atoms with Crippen LogP contribution in [0.4, 0.5) is 15.3 Å². The standard InChI is InChI=1S/C48H57N7O8/c1-25(2)42(52-47(58)60-5)46(57)55-27(4)7-12-39(55)44-49-22-38(51-44)30-8-10-32-31(18-30)24-63-41-21-33-29(19-35(32)41)9-11-36-34(33)20-37(50-36)40-17-26(3)23-54(40)45(56)43(53-48(59)61-6)28-13-15-62-16-14-28/h8-11,18-19,21-22,25-28,39-40,42-43H,7,12-17,20,23-24H2,1-6H3,(H,49,51)(H,52,58)(H,53,59)/t26-,27-,39-,40-,42-,43-/m0/s1. The number of nitrogens with zero attached hydrogens (tertiary/aromatic N) is 4. The van der Waals surface area contributed by atoms with Gasteiger partial charge in [-0.2, -0.15) is 0 Å². The molecule has 9 rings (SSSR count). The Balaban J connectivity index is 0.933. The number of hydrogen-bond donors (Lipinski definition) is 3. The van der Waals surface area contributed by atoms with E-state index in [0.717, 1.165) is 80.7 Å². The Kier molecular flexibility index (Phi) is 11.6. The van der Waals surface area contributed by atoms with Gasteiger partial charge in [-0.3, -0.25) is 14.6 Å². The number of H-pyrrole nitrogens is 1. The molecule has 0 bridgehead atoms. The van der Waals surface area contributed by atoms with Crippen LogP contribution in [-0.4, -0.2) is 108 Å². The summed E-state index contributed by atoms with van der Waals surface area (Å²) >= 11 is 0. The molecule has 0 unspecified atom stereocenters. The van der Waals surface area contributed by atoms with E-state index >= 15 is 0 Å². The number of rotatable bonds is 9. The lowest BCUT2D eigenvalue weighted by atomic mass is 9.90. The van der Waals surface area contributed by atoms with Gasteiger partial charge < -0.3 is 44.4 Å². The molecular formula is C48H57N7O8. The molecule has 1 aromatic heterocycles. The summed E-state index contributed by atoms with van der Waals surface area (Å²) in [4.78, 5) is 70.0. The Morgan fingerprint density at radius 3 is 2.43 bits per heavy atom. The molecule has 15 nitrogen and oxygen atoms in total. The minimum Gasteiger partial charge on any atom is -0.488 e. The normalized spacial score (nSPS) is 22.7. The predicted octanol–water partition coefficient (Wildman–Crippen LogP) is 7.24. The summed E-state index contributed by atoms with van der Waals surface area (Å²) in [7, 11) is 2.62. The summed E-state index contributed by atoms with van der Waals surface area (Å²) in [5, 5.41) is 7.77. The summed E-state index contributed by atoms with van der Waals surface area (Å²) in [5.41, 5.74) is 8.00. The highest BCUT2D eigenvalue weighted by molar-refractivity contribution is 6.06. The quantitative estimate of drug-likeness (QED) is 0.157. The summed E-state index contributed by atoms with van der Waals surface area (Å²) in [5.74, 6) is 1.41. The topological polar surface area (TPSA) is 177 Å². The van der Waals surface area contributed by atoms with Gasteiger partial charge in [0.2, 0.25) is 11.8 Å². The van der Waals surface area contributed by atoms with Gasteiger partial charge in [-0.05, 0) is 114 Å². The van der Waals surface area contributed by atoms with E-state index in [1.165, 1.54) is 14.2 Å². The average molecular weight is 860 g/mol. The molecule has 15 heteroatoms. The highest BCUT2D eigenvalue weighted by Gasteiger charge is 2.44. The van der Waals surface area contributed by atoms with E-state index in [2.05, 4.69) is 65.0 Å². The first-order chi connectivity index (χ1) is 30.4. The van der Waals surface area contributed by atoms with E-state index in [0.29, 0.717) is 51.5 Å². The molecule has 0 spiro atoms. The molecule has 3 aromatic carbocycles. The molecule has 4 amide bonds. The van der Waals surface area contributed by atoms with Gasteiger partial charge in [-0.25, -0.2) is 14.6 Å². The third-order valence-corrected chi connectivity index (χ3v) is 13.8. The lowest BCUT2D eigenvalue weighted by Crippen LogP contribution is -2.55. The van der Waals surface area contributed by atoms with Crippen molar-refractivity contribution in [1.29, 1.82) is 0 Å². The average Bonchev–Trinajstić information content (AvgIpc) is 4.12. The SMILES string of the molecule is COC(=O)N[C@H](C(=O)N1[C@@H](C)CC[C@H]1c1ncc(-c2ccc3c(c2)COc2cc4c5c(ccc4cc2-3)N=C([C@@H]2C[C@H](C)CN2C(=O)[C@@H](NC(=O)OC)C2CCOCC2)C5)[nH]1)C(C)C. The van der Waals surface area contributed by atoms with Crippen molar-refractivity contribution in [3.05, 3.63) is 65.6 Å². The fourth-order valence-corrected chi connectivity index (χ4v) is 10.4. The van der Waals surface area contributed by atoms with Gasteiger partial charge in [0.1, 0.15) is 30.3 Å². The van der Waals surface area contributed by atoms with Crippen molar-refractivity contribution in [3.63, 3.8) is 0 Å². The van der Waals surface area contributed by atoms with E-state index in [1.54, 1.807) is 0 Å². The van der Waals surface area contributed by atoms with Crippen molar-refractivity contribution in [3.8, 4) is 28.1 Å².